The van der Waals surface area contributed by atoms with Crippen LogP contribution in [0.2, 0.25) is 5.02 Å². The molecule has 3 aromatic rings. The first-order chi connectivity index (χ1) is 15.7. The quantitative estimate of drug-likeness (QED) is 0.377. The van der Waals surface area contributed by atoms with Crippen LogP contribution in [0.3, 0.4) is 0 Å². The maximum Gasteiger partial charge on any atom is 0.342 e. The largest absolute Gasteiger partial charge is 0.452 e. The first kappa shape index (κ1) is 24.3. The Morgan fingerprint density at radius 2 is 1.67 bits per heavy atom. The number of ether oxygens (including phenoxy) is 1. The Hall–Kier alpha value is -3.36. The van der Waals surface area contributed by atoms with Crippen LogP contribution in [-0.4, -0.2) is 26.9 Å². The molecule has 0 aliphatic carbocycles. The van der Waals surface area contributed by atoms with Crippen molar-refractivity contribution in [2.75, 3.05) is 6.61 Å². The van der Waals surface area contributed by atoms with E-state index in [4.69, 9.17) is 20.5 Å². The molecule has 0 saturated heterocycles. The highest BCUT2D eigenvalue weighted by Crippen LogP contribution is 2.26. The molecule has 0 aliphatic heterocycles. The van der Waals surface area contributed by atoms with Gasteiger partial charge in [0.05, 0.1) is 0 Å². The molecule has 0 saturated carbocycles. The summed E-state index contributed by atoms with van der Waals surface area (Å²) in [5, 5.41) is 3.21. The lowest BCUT2D eigenvalue weighted by Crippen LogP contribution is -2.28. The van der Waals surface area contributed by atoms with E-state index in [1.54, 1.807) is 50.2 Å². The van der Waals surface area contributed by atoms with Gasteiger partial charge in [0.25, 0.3) is 5.91 Å². The number of amides is 1. The summed E-state index contributed by atoms with van der Waals surface area (Å²) in [7, 11) is -4.19. The van der Waals surface area contributed by atoms with Crippen molar-refractivity contribution in [1.29, 1.82) is 0 Å². The average molecular weight is 488 g/mol. The van der Waals surface area contributed by atoms with Crippen molar-refractivity contribution in [2.24, 2.45) is 0 Å². The van der Waals surface area contributed by atoms with Crippen LogP contribution in [0.5, 0.6) is 5.75 Å². The van der Waals surface area contributed by atoms with E-state index in [0.717, 1.165) is 11.1 Å². The summed E-state index contributed by atoms with van der Waals surface area (Å²) < 4.78 is 35.9. The molecule has 0 aromatic heterocycles. The van der Waals surface area contributed by atoms with E-state index in [2.05, 4.69) is 5.32 Å². The number of rotatable bonds is 8. The molecule has 0 spiro atoms. The van der Waals surface area contributed by atoms with E-state index >= 15 is 0 Å². The fraction of sp³-hybridized carbons (Fsp3) is 0.167. The van der Waals surface area contributed by atoms with Gasteiger partial charge in [-0.05, 0) is 60.9 Å². The second kappa shape index (κ2) is 10.5. The molecule has 0 aliphatic rings. The molecule has 7 nitrogen and oxygen atoms in total. The van der Waals surface area contributed by atoms with Crippen LogP contribution in [0.15, 0.2) is 71.6 Å². The molecule has 0 unspecified atom stereocenters. The first-order valence-corrected chi connectivity index (χ1v) is 11.7. The summed E-state index contributed by atoms with van der Waals surface area (Å²) in [4.78, 5) is 24.6. The standard InChI is InChI=1S/C24H22ClNO6S/c1-16-7-8-17(2)22(13-16)33(29,30)32-21-6-4-3-5-20(21)24(28)31-15-23(27)26-14-18-9-11-19(25)12-10-18/h3-13H,14-15H2,1-2H3,(H,26,27). The predicted octanol–water partition coefficient (Wildman–Crippen LogP) is 4.20. The van der Waals surface area contributed by atoms with Gasteiger partial charge in [0.15, 0.2) is 12.4 Å². The second-order valence-corrected chi connectivity index (χ2v) is 9.23. The minimum Gasteiger partial charge on any atom is -0.452 e. The van der Waals surface area contributed by atoms with Gasteiger partial charge in [0.1, 0.15) is 10.5 Å². The Morgan fingerprint density at radius 1 is 0.970 bits per heavy atom. The fourth-order valence-corrected chi connectivity index (χ4v) is 4.30. The minimum atomic E-state index is -4.19. The molecule has 172 valence electrons. The Balaban J connectivity index is 1.65. The lowest BCUT2D eigenvalue weighted by atomic mass is 10.2. The number of nitrogens with one attached hydrogen (secondary N) is 1. The fourth-order valence-electron chi connectivity index (χ4n) is 2.91. The molecule has 9 heteroatoms. The van der Waals surface area contributed by atoms with Crippen molar-refractivity contribution in [1.82, 2.24) is 5.32 Å². The monoisotopic (exact) mass is 487 g/mol. The molecule has 33 heavy (non-hydrogen) atoms. The van der Waals surface area contributed by atoms with E-state index < -0.39 is 28.6 Å². The van der Waals surface area contributed by atoms with E-state index in [1.165, 1.54) is 30.3 Å². The smallest absolute Gasteiger partial charge is 0.342 e. The van der Waals surface area contributed by atoms with Gasteiger partial charge in [-0.1, -0.05) is 48.0 Å². The van der Waals surface area contributed by atoms with Crippen LogP contribution in [0, 0.1) is 13.8 Å². The van der Waals surface area contributed by atoms with Crippen LogP contribution >= 0.6 is 11.6 Å². The Labute approximate surface area is 197 Å². The van der Waals surface area contributed by atoms with E-state index in [9.17, 15) is 18.0 Å². The lowest BCUT2D eigenvalue weighted by Gasteiger charge is -2.13. The topological polar surface area (TPSA) is 98.8 Å². The highest BCUT2D eigenvalue weighted by atomic mass is 35.5. The minimum absolute atomic E-state index is 0.00671. The number of aryl methyl sites for hydroxylation is 2. The number of halogens is 1. The van der Waals surface area contributed by atoms with E-state index in [-0.39, 0.29) is 22.8 Å². The highest BCUT2D eigenvalue weighted by Gasteiger charge is 2.23. The Morgan fingerprint density at radius 3 is 2.39 bits per heavy atom. The molecule has 0 atom stereocenters. The average Bonchev–Trinajstić information content (AvgIpc) is 2.78. The van der Waals surface area contributed by atoms with Crippen molar-refractivity contribution in [2.45, 2.75) is 25.3 Å². The van der Waals surface area contributed by atoms with Gasteiger partial charge in [-0.3, -0.25) is 4.79 Å². The summed E-state index contributed by atoms with van der Waals surface area (Å²) in [6.07, 6.45) is 0. The molecule has 0 fully saturated rings. The number of benzene rings is 3. The van der Waals surface area contributed by atoms with Crippen molar-refractivity contribution in [3.05, 3.63) is 94.0 Å². The summed E-state index contributed by atoms with van der Waals surface area (Å²) in [6.45, 7) is 3.12. The summed E-state index contributed by atoms with van der Waals surface area (Å²) >= 11 is 5.83. The van der Waals surface area contributed by atoms with Gasteiger partial charge in [-0.2, -0.15) is 8.42 Å². The maximum absolute atomic E-state index is 12.8. The third-order valence-electron chi connectivity index (χ3n) is 4.66. The number of hydrogen-bond acceptors (Lipinski definition) is 6. The summed E-state index contributed by atoms with van der Waals surface area (Å²) in [5.74, 6) is -1.59. The molecule has 3 rings (SSSR count). The van der Waals surface area contributed by atoms with Gasteiger partial charge >= 0.3 is 16.1 Å². The van der Waals surface area contributed by atoms with Gasteiger partial charge < -0.3 is 14.2 Å². The molecular formula is C24H22ClNO6S. The molecule has 1 N–H and O–H groups in total. The molecule has 1 amide bonds. The normalized spacial score (nSPS) is 11.0. The van der Waals surface area contributed by atoms with Gasteiger partial charge in [0.2, 0.25) is 0 Å². The van der Waals surface area contributed by atoms with Crippen LogP contribution in [0.4, 0.5) is 0 Å². The molecule has 3 aromatic carbocycles. The Kier molecular flexibility index (Phi) is 7.73. The summed E-state index contributed by atoms with van der Waals surface area (Å²) in [6, 6.07) is 17.7. The number of hydrogen-bond donors (Lipinski definition) is 1. The van der Waals surface area contributed by atoms with Gasteiger partial charge in [-0.15, -0.1) is 0 Å². The molecule has 0 radical (unpaired) electrons. The third-order valence-corrected chi connectivity index (χ3v) is 6.29. The third kappa shape index (κ3) is 6.57. The van der Waals surface area contributed by atoms with Crippen LogP contribution in [-0.2, 0) is 26.2 Å². The Bertz CT molecular complexity index is 1270. The number of carbonyl (C=O) groups is 2. The van der Waals surface area contributed by atoms with Crippen LogP contribution in [0.25, 0.3) is 0 Å². The van der Waals surface area contributed by atoms with Crippen LogP contribution < -0.4 is 9.50 Å². The molecule has 0 heterocycles. The van der Waals surface area contributed by atoms with Crippen molar-refractivity contribution >= 4 is 33.6 Å². The second-order valence-electron chi connectivity index (χ2n) is 7.28. The van der Waals surface area contributed by atoms with Gasteiger partial charge in [0, 0.05) is 11.6 Å². The van der Waals surface area contributed by atoms with E-state index in [0.29, 0.717) is 10.6 Å². The molecular weight excluding hydrogens is 466 g/mol. The number of para-hydroxylation sites is 1. The number of esters is 1. The zero-order valence-corrected chi connectivity index (χ0v) is 19.6. The number of carbonyl (C=O) groups excluding carboxylic acids is 2. The SMILES string of the molecule is Cc1ccc(C)c(S(=O)(=O)Oc2ccccc2C(=O)OCC(=O)NCc2ccc(Cl)cc2)c1. The predicted molar refractivity (Wildman–Crippen MR) is 124 cm³/mol. The molecule has 0 bridgehead atoms. The first-order valence-electron chi connectivity index (χ1n) is 9.95. The van der Waals surface area contributed by atoms with Crippen molar-refractivity contribution in [3.63, 3.8) is 0 Å². The zero-order valence-electron chi connectivity index (χ0n) is 18.0. The summed E-state index contributed by atoms with van der Waals surface area (Å²) in [5.41, 5.74) is 1.98. The highest BCUT2D eigenvalue weighted by molar-refractivity contribution is 7.87. The maximum atomic E-state index is 12.8. The van der Waals surface area contributed by atoms with Crippen LogP contribution in [0.1, 0.15) is 27.0 Å². The van der Waals surface area contributed by atoms with Crippen molar-refractivity contribution in [3.8, 4) is 5.75 Å². The zero-order chi connectivity index (χ0) is 24.0. The van der Waals surface area contributed by atoms with E-state index in [1.807, 2.05) is 0 Å². The lowest BCUT2D eigenvalue weighted by molar-refractivity contribution is -0.124. The van der Waals surface area contributed by atoms with Gasteiger partial charge in [-0.25, -0.2) is 4.79 Å². The van der Waals surface area contributed by atoms with Crippen molar-refractivity contribution < 1.29 is 26.9 Å².